The summed E-state index contributed by atoms with van der Waals surface area (Å²) in [5.74, 6) is -2.51. The molecule has 0 amide bonds. The van der Waals surface area contributed by atoms with Crippen LogP contribution >= 0.6 is 0 Å². The van der Waals surface area contributed by atoms with E-state index in [1.807, 2.05) is 0 Å². The first-order valence-electron chi connectivity index (χ1n) is 5.40. The molecule has 1 aliphatic carbocycles. The molecule has 1 saturated carbocycles. The number of hydrogen-bond donors (Lipinski definition) is 1. The van der Waals surface area contributed by atoms with E-state index in [0.29, 0.717) is 26.1 Å². The second kappa shape index (κ2) is 4.11. The van der Waals surface area contributed by atoms with Crippen LogP contribution in [0, 0.1) is 0 Å². The van der Waals surface area contributed by atoms with Crippen molar-refractivity contribution in [3.63, 3.8) is 0 Å². The summed E-state index contributed by atoms with van der Waals surface area (Å²) in [6.45, 7) is 1.29. The Bertz CT molecular complexity index is 193. The van der Waals surface area contributed by atoms with E-state index in [1.54, 1.807) is 0 Å². The Hall–Kier alpha value is -0.220. The minimum Gasteiger partial charge on any atom is -0.380 e. The lowest BCUT2D eigenvalue weighted by Gasteiger charge is -2.33. The number of nitrogens with one attached hydrogen (secondary N) is 1. The fraction of sp³-hybridized carbons (Fsp3) is 1.00. The lowest BCUT2D eigenvalue weighted by molar-refractivity contribution is -0.0667. The molecule has 1 N–H and O–H groups in total. The zero-order valence-corrected chi connectivity index (χ0v) is 8.27. The average Bonchev–Trinajstić information content (AvgIpc) is 2.61. The number of ether oxygens (including phenoxy) is 1. The van der Waals surface area contributed by atoms with E-state index in [-0.39, 0.29) is 12.5 Å². The SMILES string of the molecule is FC1(F)CCCCC1NC1CCOC1. The van der Waals surface area contributed by atoms with Gasteiger partial charge in [0.2, 0.25) is 0 Å². The molecule has 0 aromatic heterocycles. The van der Waals surface area contributed by atoms with Crippen LogP contribution in [0.4, 0.5) is 8.78 Å². The van der Waals surface area contributed by atoms with Crippen molar-refractivity contribution in [2.75, 3.05) is 13.2 Å². The summed E-state index contributed by atoms with van der Waals surface area (Å²) >= 11 is 0. The van der Waals surface area contributed by atoms with Crippen molar-refractivity contribution in [3.8, 4) is 0 Å². The quantitative estimate of drug-likeness (QED) is 0.744. The highest BCUT2D eigenvalue weighted by atomic mass is 19.3. The van der Waals surface area contributed by atoms with Crippen LogP contribution in [0.1, 0.15) is 32.1 Å². The molecule has 1 heterocycles. The Morgan fingerprint density at radius 1 is 1.21 bits per heavy atom. The molecule has 1 saturated heterocycles. The first-order chi connectivity index (χ1) is 6.68. The van der Waals surface area contributed by atoms with E-state index in [2.05, 4.69) is 5.32 Å². The van der Waals surface area contributed by atoms with Crippen LogP contribution in [0.5, 0.6) is 0 Å². The van der Waals surface area contributed by atoms with E-state index in [0.717, 1.165) is 12.8 Å². The molecule has 0 bridgehead atoms. The van der Waals surface area contributed by atoms with Crippen molar-refractivity contribution >= 4 is 0 Å². The van der Waals surface area contributed by atoms with Gasteiger partial charge < -0.3 is 10.1 Å². The maximum absolute atomic E-state index is 13.4. The van der Waals surface area contributed by atoms with Crippen LogP contribution in [0.3, 0.4) is 0 Å². The van der Waals surface area contributed by atoms with Crippen LogP contribution in [0.25, 0.3) is 0 Å². The molecule has 2 rings (SSSR count). The number of rotatable bonds is 2. The molecule has 2 aliphatic rings. The Balaban J connectivity index is 1.88. The maximum atomic E-state index is 13.4. The Morgan fingerprint density at radius 3 is 2.71 bits per heavy atom. The highest BCUT2D eigenvalue weighted by Gasteiger charge is 2.42. The lowest BCUT2D eigenvalue weighted by atomic mass is 9.91. The van der Waals surface area contributed by atoms with Gasteiger partial charge in [-0.05, 0) is 19.3 Å². The molecule has 0 aromatic carbocycles. The first kappa shape index (κ1) is 10.3. The number of alkyl halides is 2. The fourth-order valence-electron chi connectivity index (χ4n) is 2.25. The number of hydrogen-bond acceptors (Lipinski definition) is 2. The minimum atomic E-state index is -2.51. The molecule has 2 nitrogen and oxygen atoms in total. The van der Waals surface area contributed by atoms with E-state index < -0.39 is 12.0 Å². The Morgan fingerprint density at radius 2 is 2.07 bits per heavy atom. The van der Waals surface area contributed by atoms with Crippen molar-refractivity contribution in [3.05, 3.63) is 0 Å². The van der Waals surface area contributed by atoms with Crippen LogP contribution in [0.15, 0.2) is 0 Å². The summed E-state index contributed by atoms with van der Waals surface area (Å²) < 4.78 is 32.0. The Kier molecular flexibility index (Phi) is 3.02. The summed E-state index contributed by atoms with van der Waals surface area (Å²) in [5.41, 5.74) is 0. The normalized spacial score (nSPS) is 37.3. The summed E-state index contributed by atoms with van der Waals surface area (Å²) in [5, 5.41) is 3.03. The molecule has 0 radical (unpaired) electrons. The largest absolute Gasteiger partial charge is 0.380 e. The molecular formula is C10H17F2NO. The van der Waals surface area contributed by atoms with Gasteiger partial charge in [-0.3, -0.25) is 0 Å². The molecule has 0 aromatic rings. The van der Waals surface area contributed by atoms with Crippen molar-refractivity contribution in [2.24, 2.45) is 0 Å². The zero-order chi connectivity index (χ0) is 10.0. The fourth-order valence-corrected chi connectivity index (χ4v) is 2.25. The van der Waals surface area contributed by atoms with Crippen LogP contribution in [-0.2, 0) is 4.74 Å². The van der Waals surface area contributed by atoms with Crippen LogP contribution < -0.4 is 5.32 Å². The Labute approximate surface area is 83.0 Å². The monoisotopic (exact) mass is 205 g/mol. The molecule has 1 aliphatic heterocycles. The molecule has 2 fully saturated rings. The van der Waals surface area contributed by atoms with Gasteiger partial charge in [-0.25, -0.2) is 8.78 Å². The van der Waals surface area contributed by atoms with Crippen molar-refractivity contribution in [1.29, 1.82) is 0 Å². The van der Waals surface area contributed by atoms with Gasteiger partial charge in [-0.1, -0.05) is 6.42 Å². The standard InChI is InChI=1S/C10H17F2NO/c11-10(12)5-2-1-3-9(10)13-8-4-6-14-7-8/h8-9,13H,1-7H2. The third kappa shape index (κ3) is 2.23. The predicted molar refractivity (Wildman–Crippen MR) is 49.6 cm³/mol. The zero-order valence-electron chi connectivity index (χ0n) is 8.27. The molecular weight excluding hydrogens is 188 g/mol. The van der Waals surface area contributed by atoms with Gasteiger partial charge in [0.05, 0.1) is 12.6 Å². The van der Waals surface area contributed by atoms with Crippen molar-refractivity contribution in [1.82, 2.24) is 5.32 Å². The lowest BCUT2D eigenvalue weighted by Crippen LogP contribution is -2.51. The van der Waals surface area contributed by atoms with Crippen molar-refractivity contribution < 1.29 is 13.5 Å². The highest BCUT2D eigenvalue weighted by Crippen LogP contribution is 2.33. The van der Waals surface area contributed by atoms with E-state index >= 15 is 0 Å². The summed E-state index contributed by atoms with van der Waals surface area (Å²) in [6.07, 6.45) is 3.08. The smallest absolute Gasteiger partial charge is 0.263 e. The predicted octanol–water partition coefficient (Wildman–Crippen LogP) is 1.94. The summed E-state index contributed by atoms with van der Waals surface area (Å²) in [6, 6.07) is -0.480. The van der Waals surface area contributed by atoms with Gasteiger partial charge in [0.1, 0.15) is 0 Å². The minimum absolute atomic E-state index is 0.0399. The van der Waals surface area contributed by atoms with Crippen LogP contribution in [0.2, 0.25) is 0 Å². The number of halogens is 2. The third-order valence-corrected chi connectivity index (χ3v) is 3.13. The molecule has 14 heavy (non-hydrogen) atoms. The molecule has 2 atom stereocenters. The second-order valence-corrected chi connectivity index (χ2v) is 4.29. The second-order valence-electron chi connectivity index (χ2n) is 4.29. The van der Waals surface area contributed by atoms with Gasteiger partial charge >= 0.3 is 0 Å². The molecule has 0 spiro atoms. The van der Waals surface area contributed by atoms with Crippen molar-refractivity contribution in [2.45, 2.75) is 50.1 Å². The highest BCUT2D eigenvalue weighted by molar-refractivity contribution is 4.90. The third-order valence-electron chi connectivity index (χ3n) is 3.13. The van der Waals surface area contributed by atoms with Gasteiger partial charge in [0, 0.05) is 19.1 Å². The van der Waals surface area contributed by atoms with Gasteiger partial charge in [0.25, 0.3) is 5.92 Å². The summed E-state index contributed by atoms with van der Waals surface area (Å²) in [7, 11) is 0. The van der Waals surface area contributed by atoms with Gasteiger partial charge in [0.15, 0.2) is 0 Å². The first-order valence-corrected chi connectivity index (χ1v) is 5.40. The van der Waals surface area contributed by atoms with Gasteiger partial charge in [-0.15, -0.1) is 0 Å². The van der Waals surface area contributed by atoms with Crippen LogP contribution in [-0.4, -0.2) is 31.2 Å². The average molecular weight is 205 g/mol. The maximum Gasteiger partial charge on any atom is 0.263 e. The molecule has 2 unspecified atom stereocenters. The van der Waals surface area contributed by atoms with E-state index in [1.165, 1.54) is 0 Å². The summed E-state index contributed by atoms with van der Waals surface area (Å²) in [4.78, 5) is 0. The van der Waals surface area contributed by atoms with E-state index in [9.17, 15) is 8.78 Å². The van der Waals surface area contributed by atoms with Gasteiger partial charge in [-0.2, -0.15) is 0 Å². The molecule has 82 valence electrons. The topological polar surface area (TPSA) is 21.3 Å². The van der Waals surface area contributed by atoms with E-state index in [4.69, 9.17) is 4.74 Å². The molecule has 4 heteroatoms.